The zero-order valence-electron chi connectivity index (χ0n) is 15.0. The molecule has 1 aliphatic rings. The van der Waals surface area contributed by atoms with Crippen LogP contribution in [0.5, 0.6) is 11.5 Å². The van der Waals surface area contributed by atoms with Crippen molar-refractivity contribution >= 4 is 56.8 Å². The average molecular weight is 486 g/mol. The summed E-state index contributed by atoms with van der Waals surface area (Å²) in [5.41, 5.74) is 6.81. The summed E-state index contributed by atoms with van der Waals surface area (Å²) in [6.07, 6.45) is 0. The molecule has 1 atom stereocenters. The molecule has 0 radical (unpaired) electrons. The number of ether oxygens (including phenoxy) is 2. The van der Waals surface area contributed by atoms with Crippen molar-refractivity contribution in [1.29, 1.82) is 0 Å². The van der Waals surface area contributed by atoms with Crippen molar-refractivity contribution in [3.05, 3.63) is 51.5 Å². The molecule has 28 heavy (non-hydrogen) atoms. The fourth-order valence-electron chi connectivity index (χ4n) is 2.83. The van der Waals surface area contributed by atoms with E-state index in [-0.39, 0.29) is 17.9 Å². The number of nitrogens with two attached hydrogens (primary N) is 1. The zero-order valence-corrected chi connectivity index (χ0v) is 18.1. The molecular weight excluding hydrogens is 468 g/mol. The van der Waals surface area contributed by atoms with E-state index < -0.39 is 5.91 Å². The second-order valence-corrected chi connectivity index (χ2v) is 8.28. The SMILES string of the molecule is CCOc1cc([C@@H]2SCC(=O)N2c2ccc(Cl)cc2)cc(Br)c1OCC(N)=O. The van der Waals surface area contributed by atoms with Crippen molar-refractivity contribution in [2.75, 3.05) is 23.9 Å². The second kappa shape index (κ2) is 9.07. The standard InChI is InChI=1S/C19H18BrClN2O4S/c1-2-26-15-8-11(7-14(20)18(15)27-9-16(22)24)19-23(17(25)10-28-19)13-5-3-12(21)4-6-13/h3-8,19H,2,9-10H2,1H3,(H2,22,24)/t19-/m0/s1. The van der Waals surface area contributed by atoms with Crippen molar-refractivity contribution in [3.63, 3.8) is 0 Å². The highest BCUT2D eigenvalue weighted by molar-refractivity contribution is 9.10. The Hall–Kier alpha value is -1.90. The minimum absolute atomic E-state index is 0.0143. The molecule has 1 aliphatic heterocycles. The highest BCUT2D eigenvalue weighted by atomic mass is 79.9. The lowest BCUT2D eigenvalue weighted by Crippen LogP contribution is -2.27. The maximum Gasteiger partial charge on any atom is 0.255 e. The lowest BCUT2D eigenvalue weighted by Gasteiger charge is -2.25. The van der Waals surface area contributed by atoms with Crippen LogP contribution in [0.1, 0.15) is 17.9 Å². The first-order valence-corrected chi connectivity index (χ1v) is 10.7. The molecule has 9 heteroatoms. The van der Waals surface area contributed by atoms with Gasteiger partial charge in [-0.15, -0.1) is 11.8 Å². The molecule has 2 N–H and O–H groups in total. The average Bonchev–Trinajstić information content (AvgIpc) is 3.03. The molecule has 1 saturated heterocycles. The van der Waals surface area contributed by atoms with E-state index in [2.05, 4.69) is 15.9 Å². The van der Waals surface area contributed by atoms with Gasteiger partial charge in [0.1, 0.15) is 5.37 Å². The van der Waals surface area contributed by atoms with Crippen molar-refractivity contribution in [1.82, 2.24) is 0 Å². The van der Waals surface area contributed by atoms with Gasteiger partial charge in [0.25, 0.3) is 5.91 Å². The van der Waals surface area contributed by atoms with Crippen LogP contribution in [-0.4, -0.2) is 30.8 Å². The smallest absolute Gasteiger partial charge is 0.255 e. The monoisotopic (exact) mass is 484 g/mol. The Morgan fingerprint density at radius 1 is 1.32 bits per heavy atom. The van der Waals surface area contributed by atoms with Crippen molar-refractivity contribution in [3.8, 4) is 11.5 Å². The van der Waals surface area contributed by atoms with E-state index in [1.54, 1.807) is 17.0 Å². The predicted octanol–water partition coefficient (Wildman–Crippen LogP) is 4.14. The number of hydrogen-bond donors (Lipinski definition) is 1. The number of carbonyl (C=O) groups excluding carboxylic acids is 2. The highest BCUT2D eigenvalue weighted by Crippen LogP contribution is 2.46. The van der Waals surface area contributed by atoms with E-state index in [0.717, 1.165) is 11.3 Å². The van der Waals surface area contributed by atoms with Crippen LogP contribution in [0.2, 0.25) is 5.02 Å². The van der Waals surface area contributed by atoms with Gasteiger partial charge in [0, 0.05) is 10.7 Å². The summed E-state index contributed by atoms with van der Waals surface area (Å²) < 4.78 is 11.8. The maximum absolute atomic E-state index is 12.5. The van der Waals surface area contributed by atoms with Gasteiger partial charge in [0.05, 0.1) is 16.8 Å². The van der Waals surface area contributed by atoms with E-state index in [9.17, 15) is 9.59 Å². The summed E-state index contributed by atoms with van der Waals surface area (Å²) in [4.78, 5) is 25.3. The molecule has 2 amide bonds. The number of primary amides is 1. The molecule has 1 heterocycles. The number of nitrogens with zero attached hydrogens (tertiary/aromatic N) is 1. The Kier molecular flexibility index (Phi) is 6.74. The molecule has 2 aromatic carbocycles. The van der Waals surface area contributed by atoms with E-state index in [0.29, 0.717) is 33.4 Å². The summed E-state index contributed by atoms with van der Waals surface area (Å²) in [7, 11) is 0. The lowest BCUT2D eigenvalue weighted by atomic mass is 10.1. The van der Waals surface area contributed by atoms with Crippen LogP contribution in [-0.2, 0) is 9.59 Å². The van der Waals surface area contributed by atoms with Gasteiger partial charge < -0.3 is 15.2 Å². The van der Waals surface area contributed by atoms with Crippen LogP contribution in [0.15, 0.2) is 40.9 Å². The van der Waals surface area contributed by atoms with Gasteiger partial charge in [-0.2, -0.15) is 0 Å². The summed E-state index contributed by atoms with van der Waals surface area (Å²) in [6, 6.07) is 10.8. The predicted molar refractivity (Wildman–Crippen MR) is 114 cm³/mol. The molecule has 1 fully saturated rings. The van der Waals surface area contributed by atoms with E-state index >= 15 is 0 Å². The minimum Gasteiger partial charge on any atom is -0.490 e. The molecule has 0 saturated carbocycles. The van der Waals surface area contributed by atoms with E-state index in [1.807, 2.05) is 31.2 Å². The Labute approximate surface area is 180 Å². The van der Waals surface area contributed by atoms with Crippen molar-refractivity contribution in [2.24, 2.45) is 5.73 Å². The number of hydrogen-bond acceptors (Lipinski definition) is 5. The Morgan fingerprint density at radius 3 is 2.68 bits per heavy atom. The number of rotatable bonds is 7. The summed E-state index contributed by atoms with van der Waals surface area (Å²) in [5.74, 6) is 0.681. The fourth-order valence-corrected chi connectivity index (χ4v) is 4.68. The van der Waals surface area contributed by atoms with E-state index in [4.69, 9.17) is 26.8 Å². The maximum atomic E-state index is 12.5. The molecule has 0 bridgehead atoms. The van der Waals surface area contributed by atoms with Crippen molar-refractivity contribution < 1.29 is 19.1 Å². The van der Waals surface area contributed by atoms with Crippen LogP contribution < -0.4 is 20.1 Å². The third kappa shape index (κ3) is 4.56. The molecule has 148 valence electrons. The summed E-state index contributed by atoms with van der Waals surface area (Å²) >= 11 is 11.0. The van der Waals surface area contributed by atoms with Crippen LogP contribution in [0.25, 0.3) is 0 Å². The van der Waals surface area contributed by atoms with Gasteiger partial charge in [0.2, 0.25) is 5.91 Å². The molecular formula is C19H18BrClN2O4S. The third-order valence-electron chi connectivity index (χ3n) is 3.95. The minimum atomic E-state index is -0.579. The molecule has 0 spiro atoms. The van der Waals surface area contributed by atoms with E-state index in [1.165, 1.54) is 11.8 Å². The number of thioether (sulfide) groups is 1. The van der Waals surface area contributed by atoms with Gasteiger partial charge >= 0.3 is 0 Å². The molecule has 2 aromatic rings. The Morgan fingerprint density at radius 2 is 2.04 bits per heavy atom. The van der Waals surface area contributed by atoms with Gasteiger partial charge in [-0.1, -0.05) is 11.6 Å². The van der Waals surface area contributed by atoms with Crippen LogP contribution in [0.4, 0.5) is 5.69 Å². The number of carbonyl (C=O) groups is 2. The largest absolute Gasteiger partial charge is 0.490 e. The summed E-state index contributed by atoms with van der Waals surface area (Å²) in [6.45, 7) is 2.01. The van der Waals surface area contributed by atoms with Gasteiger partial charge in [-0.05, 0) is 64.8 Å². The molecule has 6 nitrogen and oxygen atoms in total. The van der Waals surface area contributed by atoms with Crippen LogP contribution in [0, 0.1) is 0 Å². The zero-order chi connectivity index (χ0) is 20.3. The first kappa shape index (κ1) is 20.8. The highest BCUT2D eigenvalue weighted by Gasteiger charge is 2.35. The number of anilines is 1. The summed E-state index contributed by atoms with van der Waals surface area (Å²) in [5, 5.41) is 0.381. The molecule has 0 aromatic heterocycles. The number of halogens is 2. The van der Waals surface area contributed by atoms with Crippen LogP contribution >= 0.6 is 39.3 Å². The van der Waals surface area contributed by atoms with Crippen LogP contribution in [0.3, 0.4) is 0 Å². The lowest BCUT2D eigenvalue weighted by molar-refractivity contribution is -0.120. The quantitative estimate of drug-likeness (QED) is 0.637. The molecule has 3 rings (SSSR count). The Balaban J connectivity index is 1.98. The topological polar surface area (TPSA) is 81.9 Å². The molecule has 0 unspecified atom stereocenters. The van der Waals surface area contributed by atoms with Crippen molar-refractivity contribution in [2.45, 2.75) is 12.3 Å². The van der Waals surface area contributed by atoms with Gasteiger partial charge in [-0.3, -0.25) is 14.5 Å². The third-order valence-corrected chi connectivity index (χ3v) is 6.00. The number of amides is 2. The first-order chi connectivity index (χ1) is 13.4. The molecule has 0 aliphatic carbocycles. The normalized spacial score (nSPS) is 16.3. The van der Waals surface area contributed by atoms with Gasteiger partial charge in [0.15, 0.2) is 18.1 Å². The number of benzene rings is 2. The first-order valence-electron chi connectivity index (χ1n) is 8.47. The Bertz CT molecular complexity index is 894. The van der Waals surface area contributed by atoms with Gasteiger partial charge in [-0.25, -0.2) is 0 Å². The fraction of sp³-hybridized carbons (Fsp3) is 0.263. The second-order valence-electron chi connectivity index (χ2n) is 5.92.